The molecule has 0 heterocycles. The Hall–Kier alpha value is -2.40. The van der Waals surface area contributed by atoms with Crippen LogP contribution in [0.15, 0.2) is 15.8 Å². The van der Waals surface area contributed by atoms with Gasteiger partial charge in [0.25, 0.3) is 10.1 Å². The minimum atomic E-state index is -2.38. The Bertz CT molecular complexity index is 213. The molecule has 0 aliphatic rings. The smallest absolute Gasteiger partial charge is 0.587 e. The number of hydrogen-bond acceptors (Lipinski definition) is 5. The molecule has 0 amide bonds. The zero-order valence-electron chi connectivity index (χ0n) is 5.87. The second-order valence-electron chi connectivity index (χ2n) is 1.54. The monoisotopic (exact) mass is 197 g/mol. The Morgan fingerprint density at radius 3 is 1.54 bits per heavy atom. The summed E-state index contributed by atoms with van der Waals surface area (Å²) in [5.41, 5.74) is 0. The van der Waals surface area contributed by atoms with Crippen LogP contribution in [-0.2, 0) is 0 Å². The molecule has 0 aromatic heterocycles. The summed E-state index contributed by atoms with van der Waals surface area (Å²) >= 11 is 0. The molecule has 0 atom stereocenters. The van der Waals surface area contributed by atoms with E-state index >= 15 is 0 Å². The molecule has 0 bridgehead atoms. The van der Waals surface area contributed by atoms with Crippen LogP contribution in [0.4, 0.5) is 0 Å². The maximum absolute atomic E-state index is 10.4. The second-order valence-corrected chi connectivity index (χ2v) is 1.54. The van der Waals surface area contributed by atoms with Crippen LogP contribution in [0.1, 0.15) is 0 Å². The molecule has 4 N–H and O–H groups in total. The Kier molecular flexibility index (Phi) is 3.65. The van der Waals surface area contributed by atoms with Crippen LogP contribution in [-0.4, -0.2) is 41.7 Å². The maximum atomic E-state index is 10.4. The summed E-state index contributed by atoms with van der Waals surface area (Å²) < 4.78 is 0. The van der Waals surface area contributed by atoms with E-state index in [1.807, 2.05) is 15.8 Å². The van der Waals surface area contributed by atoms with Crippen molar-refractivity contribution in [1.29, 1.82) is 0 Å². The molecule has 0 rings (SSSR count). The van der Waals surface area contributed by atoms with Crippen LogP contribution in [0.3, 0.4) is 0 Å². The van der Waals surface area contributed by atoms with Crippen molar-refractivity contribution in [3.63, 3.8) is 0 Å². The molecule has 0 saturated heterocycles. The Balaban J connectivity index is 4.99. The van der Waals surface area contributed by atoms with Crippen molar-refractivity contribution in [3.8, 4) is 0 Å². The highest BCUT2D eigenvalue weighted by Crippen LogP contribution is 1.95. The van der Waals surface area contributed by atoms with Crippen LogP contribution < -0.4 is 0 Å². The van der Waals surface area contributed by atoms with Gasteiger partial charge >= 0.3 is 6.29 Å². The number of nitrogens with zero attached hydrogens (tertiary/aromatic N) is 6. The topological polar surface area (TPSA) is 173 Å². The lowest BCUT2D eigenvalue weighted by atomic mass is 10.9. The van der Waals surface area contributed by atoms with Crippen molar-refractivity contribution >= 4 is 0 Å². The molecule has 12 heteroatoms. The molecule has 13 heavy (non-hydrogen) atoms. The summed E-state index contributed by atoms with van der Waals surface area (Å²) in [7, 11) is 0. The zero-order chi connectivity index (χ0) is 10.4. The van der Waals surface area contributed by atoms with Crippen LogP contribution in [0.25, 0.3) is 0 Å². The molecule has 0 unspecified atom stereocenters. The molecule has 0 aromatic carbocycles. The molecule has 0 saturated carbocycles. The van der Waals surface area contributed by atoms with E-state index in [1.54, 1.807) is 0 Å². The van der Waals surface area contributed by atoms with Crippen LogP contribution in [0.5, 0.6) is 0 Å². The van der Waals surface area contributed by atoms with Crippen LogP contribution in [0.2, 0.25) is 0 Å². The lowest BCUT2D eigenvalue weighted by molar-refractivity contribution is -1.06. The third kappa shape index (κ3) is 2.28. The third-order valence-electron chi connectivity index (χ3n) is 0.870. The van der Waals surface area contributed by atoms with Crippen molar-refractivity contribution < 1.29 is 35.4 Å². The van der Waals surface area contributed by atoms with Gasteiger partial charge in [-0.15, -0.1) is 0 Å². The van der Waals surface area contributed by atoms with E-state index in [9.17, 15) is 10.4 Å². The molecular weight excluding hydrogens is 192 g/mol. The minimum absolute atomic E-state index is 0.598. The fraction of sp³-hybridized carbons (Fsp3) is 1.00. The first-order chi connectivity index (χ1) is 6.08. The average Bonchev–Trinajstić information content (AvgIpc) is 2.16. The summed E-state index contributed by atoms with van der Waals surface area (Å²) in [5.74, 6) is 0. The van der Waals surface area contributed by atoms with Crippen molar-refractivity contribution in [2.24, 2.45) is 15.8 Å². The summed E-state index contributed by atoms with van der Waals surface area (Å²) in [5, 5.41) is 58.9. The molecule has 0 aliphatic heterocycles. The molecule has 0 fully saturated rings. The largest absolute Gasteiger partial charge is 0.680 e. The standard InChI is InChI=1S/CH4N6O6/c8-2-5(11)1(6(12)3-9)7(13)4-10/h1,8-9,13H/p+1/b5-2-,6-3-. The van der Waals surface area contributed by atoms with Gasteiger partial charge in [0, 0.05) is 0 Å². The molecular formula is CH5N6O6+. The van der Waals surface area contributed by atoms with Gasteiger partial charge in [-0.05, 0) is 0 Å². The van der Waals surface area contributed by atoms with Crippen molar-refractivity contribution in [2.75, 3.05) is 0 Å². The molecule has 74 valence electrons. The lowest BCUT2D eigenvalue weighted by Gasteiger charge is -1.98. The normalized spacial score (nSPS) is 17.1. The van der Waals surface area contributed by atoms with Gasteiger partial charge in [-0.3, -0.25) is 5.21 Å². The maximum Gasteiger partial charge on any atom is 0.680 e. The van der Waals surface area contributed by atoms with Gasteiger partial charge in [0.2, 0.25) is 10.6 Å². The van der Waals surface area contributed by atoms with Gasteiger partial charge in [-0.2, -0.15) is 0 Å². The summed E-state index contributed by atoms with van der Waals surface area (Å²) in [6, 6.07) is 0. The number of rotatable bonds is 3. The van der Waals surface area contributed by atoms with Crippen LogP contribution >= 0.6 is 0 Å². The molecule has 0 radical (unpaired) electrons. The van der Waals surface area contributed by atoms with Gasteiger partial charge in [0.05, 0.1) is 9.72 Å². The summed E-state index contributed by atoms with van der Waals surface area (Å²) in [6.07, 6.45) is -2.38. The van der Waals surface area contributed by atoms with E-state index in [4.69, 9.17) is 20.8 Å². The Morgan fingerprint density at radius 1 is 0.923 bits per heavy atom. The average molecular weight is 197 g/mol. The number of hydroxylamine groups is 3. The van der Waals surface area contributed by atoms with Crippen molar-refractivity contribution in [3.05, 3.63) is 10.4 Å². The van der Waals surface area contributed by atoms with E-state index in [-0.39, 0.29) is 0 Å². The second kappa shape index (κ2) is 4.47. The highest BCUT2D eigenvalue weighted by molar-refractivity contribution is 4.07. The van der Waals surface area contributed by atoms with E-state index in [2.05, 4.69) is 0 Å². The predicted octanol–water partition coefficient (Wildman–Crippen LogP) is -0.784. The SMILES string of the molecule is [O-]/[N+](=N\O)C(/[N+]([O-])=N/O)/[N+](O)=N/O. The highest BCUT2D eigenvalue weighted by atomic mass is 16.7. The Morgan fingerprint density at radius 2 is 1.31 bits per heavy atom. The molecule has 0 spiro atoms. The predicted molar refractivity (Wildman–Crippen MR) is 25.7 cm³/mol. The van der Waals surface area contributed by atoms with E-state index < -0.39 is 20.9 Å². The first kappa shape index (κ1) is 10.6. The highest BCUT2D eigenvalue weighted by Gasteiger charge is 2.46. The Labute approximate surface area is 69.2 Å². The van der Waals surface area contributed by atoms with E-state index in [1.165, 1.54) is 0 Å². The minimum Gasteiger partial charge on any atom is -0.587 e. The molecule has 0 aromatic rings. The van der Waals surface area contributed by atoms with Gasteiger partial charge in [-0.1, -0.05) is 0 Å². The van der Waals surface area contributed by atoms with Gasteiger partial charge in [-0.25, -0.2) is 0 Å². The van der Waals surface area contributed by atoms with Gasteiger partial charge in [0.1, 0.15) is 0 Å². The first-order valence-electron chi connectivity index (χ1n) is 2.54. The van der Waals surface area contributed by atoms with Gasteiger partial charge < -0.3 is 26.0 Å². The van der Waals surface area contributed by atoms with Crippen LogP contribution in [0, 0.1) is 10.4 Å². The van der Waals surface area contributed by atoms with Crippen molar-refractivity contribution in [2.45, 2.75) is 6.29 Å². The third-order valence-corrected chi connectivity index (χ3v) is 0.870. The lowest BCUT2D eigenvalue weighted by Crippen LogP contribution is -2.39. The van der Waals surface area contributed by atoms with Gasteiger partial charge in [0.15, 0.2) is 0 Å². The molecule has 12 nitrogen and oxygen atoms in total. The number of hydrogen-bond donors (Lipinski definition) is 4. The quantitative estimate of drug-likeness (QED) is 0.199. The zero-order valence-corrected chi connectivity index (χ0v) is 5.87. The van der Waals surface area contributed by atoms with Crippen molar-refractivity contribution in [1.82, 2.24) is 0 Å². The fourth-order valence-corrected chi connectivity index (χ4v) is 0.400. The fourth-order valence-electron chi connectivity index (χ4n) is 0.400. The van der Waals surface area contributed by atoms with E-state index in [0.29, 0.717) is 0 Å². The first-order valence-corrected chi connectivity index (χ1v) is 2.54. The summed E-state index contributed by atoms with van der Waals surface area (Å²) in [6.45, 7) is 0. The van der Waals surface area contributed by atoms with E-state index in [0.717, 1.165) is 0 Å². The summed E-state index contributed by atoms with van der Waals surface area (Å²) in [4.78, 5) is -2.17. The molecule has 0 aliphatic carbocycles.